The van der Waals surface area contributed by atoms with Crippen LogP contribution in [0.2, 0.25) is 0 Å². The van der Waals surface area contributed by atoms with E-state index in [4.69, 9.17) is 4.99 Å². The number of nitrogens with zero attached hydrogens (tertiary/aromatic N) is 5. The summed E-state index contributed by atoms with van der Waals surface area (Å²) in [6.45, 7) is 10.6. The lowest BCUT2D eigenvalue weighted by Crippen LogP contribution is -2.64. The van der Waals surface area contributed by atoms with Gasteiger partial charge >= 0.3 is 6.03 Å². The van der Waals surface area contributed by atoms with Crippen LogP contribution >= 0.6 is 0 Å². The number of amides is 3. The van der Waals surface area contributed by atoms with E-state index < -0.39 is 12.2 Å². The van der Waals surface area contributed by atoms with Crippen molar-refractivity contribution in [2.75, 3.05) is 7.05 Å². The van der Waals surface area contributed by atoms with E-state index in [1.165, 1.54) is 4.90 Å². The molecule has 0 radical (unpaired) electrons. The molecule has 154 valence electrons. The molecule has 1 fully saturated rings. The number of hydrogen-bond acceptors (Lipinski definition) is 5. The second kappa shape index (κ2) is 6.90. The Hall–Kier alpha value is -2.83. The maximum absolute atomic E-state index is 13.5. The van der Waals surface area contributed by atoms with E-state index in [-0.39, 0.29) is 24.5 Å². The Balaban J connectivity index is 1.66. The van der Waals surface area contributed by atoms with Crippen molar-refractivity contribution in [1.82, 2.24) is 19.6 Å². The molecule has 3 amide bonds. The van der Waals surface area contributed by atoms with Crippen LogP contribution in [0.5, 0.6) is 0 Å². The number of allylic oxidation sites excluding steroid dienone is 1. The molecular weight excluding hydrogens is 366 g/mol. The van der Waals surface area contributed by atoms with Crippen LogP contribution in [0.4, 0.5) is 4.79 Å². The van der Waals surface area contributed by atoms with Gasteiger partial charge in [0.25, 0.3) is 5.91 Å². The number of guanidine groups is 1. The van der Waals surface area contributed by atoms with Gasteiger partial charge in [-0.15, -0.1) is 0 Å². The molecule has 29 heavy (non-hydrogen) atoms. The second-order valence-corrected chi connectivity index (χ2v) is 8.34. The number of aryl methyl sites for hydroxylation is 2. The minimum absolute atomic E-state index is 0.187. The largest absolute Gasteiger partial charge is 0.328 e. The summed E-state index contributed by atoms with van der Waals surface area (Å²) in [7, 11) is 1.74. The molecule has 3 unspecified atom stereocenters. The molecule has 3 heterocycles. The Kier molecular flexibility index (Phi) is 4.63. The van der Waals surface area contributed by atoms with E-state index in [1.807, 2.05) is 50.1 Å². The first-order chi connectivity index (χ1) is 13.7. The smallest absolute Gasteiger partial charge is 0.312 e. The van der Waals surface area contributed by atoms with Crippen LogP contribution in [0, 0.1) is 13.8 Å². The number of aliphatic imine (C=N–C) groups is 1. The first-order valence-corrected chi connectivity index (χ1v) is 10.2. The molecule has 7 heteroatoms. The monoisotopic (exact) mass is 395 g/mol. The standard InChI is InChI=1S/C22H29N5O2/c1-7-15(4)27-16(5)11-25-18-19(23-21(25)27)24(6)22(29)26(20(18)28)12-17-10-13(2)8-9-14(17)3/h8-11,15,18-19H,7,12H2,1-6H3. The van der Waals surface area contributed by atoms with Gasteiger partial charge in [0, 0.05) is 25.0 Å². The zero-order valence-corrected chi connectivity index (χ0v) is 18.0. The summed E-state index contributed by atoms with van der Waals surface area (Å²) in [5, 5.41) is 0. The highest BCUT2D eigenvalue weighted by atomic mass is 16.2. The van der Waals surface area contributed by atoms with Crippen molar-refractivity contribution < 1.29 is 9.59 Å². The lowest BCUT2D eigenvalue weighted by molar-refractivity contribution is -0.137. The number of likely N-dealkylation sites (N-methyl/N-ethyl adjacent to an activating group) is 1. The first-order valence-electron chi connectivity index (χ1n) is 10.2. The van der Waals surface area contributed by atoms with Crippen LogP contribution in [-0.2, 0) is 11.3 Å². The van der Waals surface area contributed by atoms with Crippen molar-refractivity contribution in [2.45, 2.75) is 65.8 Å². The molecule has 3 aliphatic heterocycles. The fraction of sp³-hybridized carbons (Fsp3) is 0.500. The van der Waals surface area contributed by atoms with Gasteiger partial charge in [-0.05, 0) is 45.2 Å². The molecule has 7 nitrogen and oxygen atoms in total. The summed E-state index contributed by atoms with van der Waals surface area (Å²) in [5.74, 6) is 0.584. The summed E-state index contributed by atoms with van der Waals surface area (Å²) in [6.07, 6.45) is 2.47. The Morgan fingerprint density at radius 3 is 2.59 bits per heavy atom. The zero-order chi connectivity index (χ0) is 21.0. The molecule has 4 rings (SSSR count). The SMILES string of the molecule is CCC(C)N1C(C)=CN2C1=NC1C2C(=O)N(Cc2cc(C)ccc2C)C(=O)N1C. The normalized spacial score (nSPS) is 24.6. The minimum atomic E-state index is -0.512. The van der Waals surface area contributed by atoms with Crippen LogP contribution in [-0.4, -0.2) is 62.8 Å². The summed E-state index contributed by atoms with van der Waals surface area (Å²) < 4.78 is 0. The van der Waals surface area contributed by atoms with Gasteiger partial charge in [-0.2, -0.15) is 0 Å². The first kappa shape index (κ1) is 19.5. The Morgan fingerprint density at radius 2 is 1.90 bits per heavy atom. The third-order valence-electron chi connectivity index (χ3n) is 6.30. The van der Waals surface area contributed by atoms with Gasteiger partial charge in [0.2, 0.25) is 5.96 Å². The third kappa shape index (κ3) is 2.91. The molecule has 1 aromatic carbocycles. The Bertz CT molecular complexity index is 937. The summed E-state index contributed by atoms with van der Waals surface area (Å²) >= 11 is 0. The Morgan fingerprint density at radius 1 is 1.17 bits per heavy atom. The van der Waals surface area contributed by atoms with E-state index >= 15 is 0 Å². The van der Waals surface area contributed by atoms with Crippen molar-refractivity contribution in [1.29, 1.82) is 0 Å². The minimum Gasteiger partial charge on any atom is -0.312 e. The van der Waals surface area contributed by atoms with Gasteiger partial charge in [-0.3, -0.25) is 9.69 Å². The average molecular weight is 396 g/mol. The van der Waals surface area contributed by atoms with Crippen molar-refractivity contribution in [3.05, 3.63) is 46.8 Å². The fourth-order valence-electron chi connectivity index (χ4n) is 4.39. The van der Waals surface area contributed by atoms with Crippen LogP contribution in [0.3, 0.4) is 0 Å². The molecule has 1 aromatic rings. The zero-order valence-electron chi connectivity index (χ0n) is 18.0. The predicted molar refractivity (Wildman–Crippen MR) is 112 cm³/mol. The fourth-order valence-corrected chi connectivity index (χ4v) is 4.39. The van der Waals surface area contributed by atoms with Crippen molar-refractivity contribution in [2.24, 2.45) is 4.99 Å². The van der Waals surface area contributed by atoms with Gasteiger partial charge in [-0.1, -0.05) is 30.7 Å². The second-order valence-electron chi connectivity index (χ2n) is 8.34. The number of carbonyl (C=O) groups is 2. The van der Waals surface area contributed by atoms with Gasteiger partial charge in [0.05, 0.1) is 6.54 Å². The van der Waals surface area contributed by atoms with Crippen LogP contribution in [0.1, 0.15) is 43.9 Å². The molecule has 0 N–H and O–H groups in total. The quantitative estimate of drug-likeness (QED) is 0.786. The molecule has 1 saturated heterocycles. The van der Waals surface area contributed by atoms with Crippen molar-refractivity contribution >= 4 is 17.9 Å². The van der Waals surface area contributed by atoms with Gasteiger partial charge in [0.1, 0.15) is 0 Å². The number of carbonyl (C=O) groups excluding carboxylic acids is 2. The molecule has 0 aliphatic carbocycles. The van der Waals surface area contributed by atoms with Gasteiger partial charge in [-0.25, -0.2) is 9.79 Å². The topological polar surface area (TPSA) is 59.5 Å². The van der Waals surface area contributed by atoms with E-state index in [9.17, 15) is 9.59 Å². The number of imide groups is 1. The molecule has 0 bridgehead atoms. The van der Waals surface area contributed by atoms with E-state index in [2.05, 4.69) is 18.7 Å². The average Bonchev–Trinajstić information content (AvgIpc) is 3.20. The molecule has 0 aromatic heterocycles. The van der Waals surface area contributed by atoms with Gasteiger partial charge < -0.3 is 14.7 Å². The molecule has 3 aliphatic rings. The highest BCUT2D eigenvalue weighted by Gasteiger charge is 2.54. The number of fused-ring (bicyclic) bond motifs is 3. The van der Waals surface area contributed by atoms with Gasteiger partial charge in [0.15, 0.2) is 12.2 Å². The van der Waals surface area contributed by atoms with E-state index in [0.29, 0.717) is 0 Å². The summed E-state index contributed by atoms with van der Waals surface area (Å²) in [4.78, 5) is 38.4. The molecular formula is C22H29N5O2. The maximum Gasteiger partial charge on any atom is 0.328 e. The number of rotatable bonds is 4. The predicted octanol–water partition coefficient (Wildman–Crippen LogP) is 3.04. The Labute approximate surface area is 172 Å². The maximum atomic E-state index is 13.5. The van der Waals surface area contributed by atoms with Crippen molar-refractivity contribution in [3.8, 4) is 0 Å². The lowest BCUT2D eigenvalue weighted by atomic mass is 10.0. The third-order valence-corrected chi connectivity index (χ3v) is 6.30. The van der Waals surface area contributed by atoms with Crippen LogP contribution in [0.15, 0.2) is 35.1 Å². The summed E-state index contributed by atoms with van der Waals surface area (Å²) in [6, 6.07) is 5.59. The number of hydrogen-bond donors (Lipinski definition) is 0. The highest BCUT2D eigenvalue weighted by molar-refractivity contribution is 6.04. The molecule has 0 saturated carbocycles. The number of benzene rings is 1. The summed E-state index contributed by atoms with van der Waals surface area (Å²) in [5.41, 5.74) is 4.25. The molecule has 3 atom stereocenters. The van der Waals surface area contributed by atoms with E-state index in [0.717, 1.165) is 34.8 Å². The number of urea groups is 1. The lowest BCUT2D eigenvalue weighted by Gasteiger charge is -2.40. The highest BCUT2D eigenvalue weighted by Crippen LogP contribution is 2.35. The van der Waals surface area contributed by atoms with Crippen LogP contribution in [0.25, 0.3) is 0 Å². The van der Waals surface area contributed by atoms with E-state index in [1.54, 1.807) is 11.9 Å². The van der Waals surface area contributed by atoms with Crippen LogP contribution < -0.4 is 0 Å². The molecule has 0 spiro atoms. The van der Waals surface area contributed by atoms with Crippen molar-refractivity contribution in [3.63, 3.8) is 0 Å².